The average molecular weight is 542 g/mol. The van der Waals surface area contributed by atoms with Crippen LogP contribution in [0.15, 0.2) is 53.1 Å². The van der Waals surface area contributed by atoms with Crippen LogP contribution < -0.4 is 11.1 Å². The third-order valence-corrected chi connectivity index (χ3v) is 5.88. The lowest BCUT2D eigenvalue weighted by molar-refractivity contribution is -0.192. The number of nitrogens with two attached hydrogens (primary N) is 1. The Morgan fingerprint density at radius 1 is 1.18 bits per heavy atom. The van der Waals surface area contributed by atoms with Gasteiger partial charge in [0.25, 0.3) is 0 Å². The van der Waals surface area contributed by atoms with Crippen LogP contribution in [-0.4, -0.2) is 57.4 Å². The lowest BCUT2D eigenvalue weighted by Crippen LogP contribution is -2.45. The molecule has 1 atom stereocenters. The molecule has 4 rings (SSSR count). The number of hydrogen-bond acceptors (Lipinski definition) is 5. The molecule has 12 heteroatoms. The highest BCUT2D eigenvalue weighted by atomic mass is 79.9. The maximum absolute atomic E-state index is 12.7. The van der Waals surface area contributed by atoms with E-state index < -0.39 is 18.2 Å². The number of likely N-dealkylation sites (tertiary alicyclic amines) is 1. The molecule has 0 bridgehead atoms. The summed E-state index contributed by atoms with van der Waals surface area (Å²) < 4.78 is 32.7. The number of amides is 1. The fourth-order valence-electron chi connectivity index (χ4n) is 3.52. The molecule has 0 saturated carbocycles. The Morgan fingerprint density at radius 3 is 2.38 bits per heavy atom. The van der Waals surface area contributed by atoms with E-state index in [1.54, 1.807) is 0 Å². The van der Waals surface area contributed by atoms with E-state index >= 15 is 0 Å². The van der Waals surface area contributed by atoms with Crippen molar-refractivity contribution in [1.29, 1.82) is 0 Å². The molecule has 8 nitrogen and oxygen atoms in total. The molecule has 5 N–H and O–H groups in total. The monoisotopic (exact) mass is 541 g/mol. The zero-order valence-corrected chi connectivity index (χ0v) is 19.4. The number of fused-ring (bicyclic) bond motifs is 1. The van der Waals surface area contributed by atoms with Crippen molar-refractivity contribution in [3.8, 4) is 0 Å². The predicted molar refractivity (Wildman–Crippen MR) is 124 cm³/mol. The first-order valence-corrected chi connectivity index (χ1v) is 11.1. The number of piperidine rings is 1. The van der Waals surface area contributed by atoms with Crippen LogP contribution in [0.5, 0.6) is 0 Å². The number of aliphatic carboxylic acids is 1. The summed E-state index contributed by atoms with van der Waals surface area (Å²) in [4.78, 5) is 23.5. The van der Waals surface area contributed by atoms with E-state index in [4.69, 9.17) is 15.6 Å². The van der Waals surface area contributed by atoms with Gasteiger partial charge < -0.3 is 21.1 Å². The molecule has 0 aliphatic carbocycles. The summed E-state index contributed by atoms with van der Waals surface area (Å²) in [5.74, 6) is -2.76. The summed E-state index contributed by atoms with van der Waals surface area (Å²) in [6.45, 7) is 1.43. The number of carbonyl (C=O) groups is 2. The maximum Gasteiger partial charge on any atom is 0.490 e. The number of carboxylic acids is 1. The molecule has 1 amide bonds. The number of nitrogens with zero attached hydrogens (tertiary/aromatic N) is 2. The second-order valence-corrected chi connectivity index (χ2v) is 8.66. The largest absolute Gasteiger partial charge is 0.490 e. The number of aromatic nitrogens is 2. The van der Waals surface area contributed by atoms with E-state index in [0.717, 1.165) is 39.5 Å². The average Bonchev–Trinajstić information content (AvgIpc) is 3.27. The normalized spacial score (nSPS) is 15.4. The zero-order chi connectivity index (χ0) is 24.9. The Kier molecular flexibility index (Phi) is 8.15. The summed E-state index contributed by atoms with van der Waals surface area (Å²) in [5, 5.41) is 18.8. The first-order chi connectivity index (χ1) is 16.0. The Hall–Kier alpha value is -3.12. The van der Waals surface area contributed by atoms with E-state index in [0.29, 0.717) is 19.1 Å². The highest BCUT2D eigenvalue weighted by Crippen LogP contribution is 2.23. The first-order valence-electron chi connectivity index (χ1n) is 10.3. The molecule has 182 valence electrons. The molecule has 1 fully saturated rings. The Bertz CT molecular complexity index is 1130. The molecule has 1 saturated heterocycles. The smallest absolute Gasteiger partial charge is 0.475 e. The van der Waals surface area contributed by atoms with Crippen LogP contribution in [-0.2, 0) is 9.59 Å². The number of benzene rings is 2. The molecule has 0 radical (unpaired) electrons. The van der Waals surface area contributed by atoms with Crippen molar-refractivity contribution in [2.24, 2.45) is 5.73 Å². The standard InChI is InChI=1S/C20H22BrN5O.C2HF3O2/c21-15-3-1-13(2-4-15)19(22)20(27)26-9-7-16(8-10-26)24-17-5-6-18-14(11-17)12-23-25-18;3-2(4,5)1(6)7/h1-6,11-12,16,19,24H,7-10,22H2,(H,23,25);(H,6,7). The van der Waals surface area contributed by atoms with E-state index in [2.05, 4.69) is 43.6 Å². The number of hydrogen-bond donors (Lipinski definition) is 4. The van der Waals surface area contributed by atoms with E-state index in [1.165, 1.54) is 0 Å². The van der Waals surface area contributed by atoms with Crippen molar-refractivity contribution in [3.63, 3.8) is 0 Å². The highest BCUT2D eigenvalue weighted by molar-refractivity contribution is 9.10. The van der Waals surface area contributed by atoms with Crippen molar-refractivity contribution in [2.45, 2.75) is 31.1 Å². The van der Waals surface area contributed by atoms with Crippen LogP contribution in [0, 0.1) is 0 Å². The van der Waals surface area contributed by atoms with Gasteiger partial charge in [-0.15, -0.1) is 0 Å². The van der Waals surface area contributed by atoms with Gasteiger partial charge in [0, 0.05) is 34.7 Å². The molecule has 1 aliphatic rings. The summed E-state index contributed by atoms with van der Waals surface area (Å²) in [6.07, 6.45) is -1.45. The van der Waals surface area contributed by atoms with Gasteiger partial charge in [-0.05, 0) is 48.7 Å². The third kappa shape index (κ3) is 6.70. The van der Waals surface area contributed by atoms with Crippen LogP contribution in [0.3, 0.4) is 0 Å². The highest BCUT2D eigenvalue weighted by Gasteiger charge is 2.38. The van der Waals surface area contributed by atoms with Crippen molar-refractivity contribution in [1.82, 2.24) is 15.1 Å². The second-order valence-electron chi connectivity index (χ2n) is 7.75. The van der Waals surface area contributed by atoms with E-state index in [-0.39, 0.29) is 5.91 Å². The van der Waals surface area contributed by atoms with Crippen LogP contribution in [0.4, 0.5) is 18.9 Å². The minimum Gasteiger partial charge on any atom is -0.475 e. The topological polar surface area (TPSA) is 124 Å². The van der Waals surface area contributed by atoms with Crippen LogP contribution in [0.2, 0.25) is 0 Å². The minimum absolute atomic E-state index is 0.00408. The Morgan fingerprint density at radius 2 is 1.79 bits per heavy atom. The molecular weight excluding hydrogens is 519 g/mol. The van der Waals surface area contributed by atoms with Crippen molar-refractivity contribution < 1.29 is 27.9 Å². The number of carboxylic acid groups (broad SMARTS) is 1. The van der Waals surface area contributed by atoms with Crippen molar-refractivity contribution >= 4 is 44.4 Å². The molecule has 0 spiro atoms. The van der Waals surface area contributed by atoms with Crippen LogP contribution in [0.25, 0.3) is 10.9 Å². The number of anilines is 1. The van der Waals surface area contributed by atoms with Gasteiger partial charge in [-0.1, -0.05) is 28.1 Å². The molecule has 2 heterocycles. The molecule has 2 aromatic carbocycles. The van der Waals surface area contributed by atoms with Crippen LogP contribution in [0.1, 0.15) is 24.4 Å². The van der Waals surface area contributed by atoms with Gasteiger partial charge in [-0.3, -0.25) is 9.89 Å². The molecule has 34 heavy (non-hydrogen) atoms. The van der Waals surface area contributed by atoms with Gasteiger partial charge in [-0.2, -0.15) is 18.3 Å². The third-order valence-electron chi connectivity index (χ3n) is 5.36. The number of carbonyl (C=O) groups excluding carboxylic acids is 1. The van der Waals surface area contributed by atoms with Gasteiger partial charge in [0.15, 0.2) is 0 Å². The summed E-state index contributed by atoms with van der Waals surface area (Å²) in [7, 11) is 0. The first kappa shape index (κ1) is 25.5. The summed E-state index contributed by atoms with van der Waals surface area (Å²) >= 11 is 3.40. The minimum atomic E-state index is -5.08. The second kappa shape index (κ2) is 10.9. The Labute approximate surface area is 201 Å². The van der Waals surface area contributed by atoms with Crippen LogP contribution >= 0.6 is 15.9 Å². The maximum atomic E-state index is 12.7. The molecular formula is C22H23BrF3N5O3. The number of alkyl halides is 3. The van der Waals surface area contributed by atoms with Crippen molar-refractivity contribution in [3.05, 3.63) is 58.7 Å². The zero-order valence-electron chi connectivity index (χ0n) is 17.8. The molecule has 1 aliphatic heterocycles. The van der Waals surface area contributed by atoms with E-state index in [1.807, 2.05) is 41.4 Å². The lowest BCUT2D eigenvalue weighted by Gasteiger charge is -2.34. The lowest BCUT2D eigenvalue weighted by atomic mass is 10.0. The fourth-order valence-corrected chi connectivity index (χ4v) is 3.79. The molecule has 1 unspecified atom stereocenters. The summed E-state index contributed by atoms with van der Waals surface area (Å²) in [5.41, 5.74) is 9.15. The molecule has 3 aromatic rings. The number of aromatic amines is 1. The number of H-pyrrole nitrogens is 1. The van der Waals surface area contributed by atoms with Gasteiger partial charge in [0.1, 0.15) is 6.04 Å². The van der Waals surface area contributed by atoms with Gasteiger partial charge in [0.05, 0.1) is 11.7 Å². The predicted octanol–water partition coefficient (Wildman–Crippen LogP) is 4.06. The Balaban J connectivity index is 0.000000406. The SMILES string of the molecule is NC(C(=O)N1CCC(Nc2ccc3[nH]ncc3c2)CC1)c1ccc(Br)cc1.O=C(O)C(F)(F)F. The quantitative estimate of drug-likeness (QED) is 0.394. The number of halogens is 4. The molecule has 1 aromatic heterocycles. The van der Waals surface area contributed by atoms with Crippen molar-refractivity contribution in [2.75, 3.05) is 18.4 Å². The van der Waals surface area contributed by atoms with E-state index in [9.17, 15) is 18.0 Å². The van der Waals surface area contributed by atoms with Gasteiger partial charge >= 0.3 is 12.1 Å². The van der Waals surface area contributed by atoms with Gasteiger partial charge in [-0.25, -0.2) is 4.79 Å². The number of rotatable bonds is 4. The fraction of sp³-hybridized carbons (Fsp3) is 0.318. The summed E-state index contributed by atoms with van der Waals surface area (Å²) in [6, 6.07) is 13.5. The van der Waals surface area contributed by atoms with Gasteiger partial charge in [0.2, 0.25) is 5.91 Å². The number of nitrogens with one attached hydrogen (secondary N) is 2.